The number of hydrogen-bond donors (Lipinski definition) is 1. The van der Waals surface area contributed by atoms with E-state index in [1.807, 2.05) is 12.4 Å². The molecule has 0 saturated heterocycles. The summed E-state index contributed by atoms with van der Waals surface area (Å²) >= 11 is 0. The van der Waals surface area contributed by atoms with Gasteiger partial charge in [-0.15, -0.1) is 0 Å². The lowest BCUT2D eigenvalue weighted by molar-refractivity contribution is 0.366. The van der Waals surface area contributed by atoms with Crippen LogP contribution in [0.2, 0.25) is 0 Å². The maximum atomic E-state index is 4.44. The number of hydrogen-bond acceptors (Lipinski definition) is 2. The molecule has 0 aliphatic heterocycles. The van der Waals surface area contributed by atoms with E-state index in [2.05, 4.69) is 56.5 Å². The van der Waals surface area contributed by atoms with Gasteiger partial charge in [0.25, 0.3) is 0 Å². The monoisotopic (exact) mass is 223 g/mol. The molecule has 0 amide bonds. The van der Waals surface area contributed by atoms with Crippen molar-refractivity contribution in [2.75, 3.05) is 6.54 Å². The molecule has 0 radical (unpaired) electrons. The third-order valence-corrected chi connectivity index (χ3v) is 2.83. The van der Waals surface area contributed by atoms with Crippen LogP contribution in [0.4, 0.5) is 0 Å². The van der Waals surface area contributed by atoms with E-state index in [4.69, 9.17) is 0 Å². The highest BCUT2D eigenvalue weighted by Gasteiger charge is 2.24. The maximum Gasteiger partial charge on any atom is 0.114 e. The van der Waals surface area contributed by atoms with E-state index in [0.717, 1.165) is 18.8 Å². The Hall–Kier alpha value is -0.830. The lowest BCUT2D eigenvalue weighted by Crippen LogP contribution is -2.39. The second kappa shape index (κ2) is 4.58. The zero-order valence-corrected chi connectivity index (χ0v) is 11.5. The van der Waals surface area contributed by atoms with Crippen molar-refractivity contribution in [3.05, 3.63) is 18.2 Å². The highest BCUT2D eigenvalue weighted by molar-refractivity contribution is 5.06. The van der Waals surface area contributed by atoms with Gasteiger partial charge in [0.05, 0.1) is 0 Å². The summed E-state index contributed by atoms with van der Waals surface area (Å²) in [4.78, 5) is 4.44. The molecule has 0 fully saturated rings. The van der Waals surface area contributed by atoms with E-state index in [1.54, 1.807) is 0 Å². The molecule has 0 aliphatic rings. The van der Waals surface area contributed by atoms with Crippen molar-refractivity contribution in [3.8, 4) is 0 Å². The van der Waals surface area contributed by atoms with Gasteiger partial charge in [0, 0.05) is 30.4 Å². The fourth-order valence-corrected chi connectivity index (χ4v) is 1.88. The number of nitrogens with zero attached hydrogens (tertiary/aromatic N) is 2. The lowest BCUT2D eigenvalue weighted by atomic mass is 9.88. The van der Waals surface area contributed by atoms with E-state index >= 15 is 0 Å². The molecule has 0 spiro atoms. The molecule has 1 heterocycles. The Morgan fingerprint density at radius 2 is 1.88 bits per heavy atom. The molecule has 1 rings (SSSR count). The molecule has 0 aliphatic carbocycles. The minimum atomic E-state index is 0.122. The molecule has 16 heavy (non-hydrogen) atoms. The van der Waals surface area contributed by atoms with Crippen molar-refractivity contribution >= 4 is 0 Å². The predicted molar refractivity (Wildman–Crippen MR) is 68.6 cm³/mol. The summed E-state index contributed by atoms with van der Waals surface area (Å²) in [6.07, 6.45) is 4.97. The quantitative estimate of drug-likeness (QED) is 0.850. The molecule has 0 unspecified atom stereocenters. The molecule has 0 saturated carbocycles. The van der Waals surface area contributed by atoms with Crippen LogP contribution < -0.4 is 5.32 Å². The minimum Gasteiger partial charge on any atom is -0.338 e. The second-order valence-electron chi connectivity index (χ2n) is 6.17. The fourth-order valence-electron chi connectivity index (χ4n) is 1.88. The lowest BCUT2D eigenvalue weighted by Gasteiger charge is -2.27. The molecule has 3 heteroatoms. The zero-order valence-electron chi connectivity index (χ0n) is 11.5. The van der Waals surface area contributed by atoms with E-state index < -0.39 is 0 Å². The molecule has 3 nitrogen and oxygen atoms in total. The molecule has 0 bridgehead atoms. The third kappa shape index (κ3) is 3.63. The Bertz CT molecular complexity index is 331. The van der Waals surface area contributed by atoms with Gasteiger partial charge in [0.1, 0.15) is 5.82 Å². The van der Waals surface area contributed by atoms with Crippen LogP contribution in [0.1, 0.15) is 46.9 Å². The van der Waals surface area contributed by atoms with Crippen LogP contribution in [0.3, 0.4) is 0 Å². The molecule has 1 aromatic heterocycles. The van der Waals surface area contributed by atoms with Crippen LogP contribution >= 0.6 is 0 Å². The molecular formula is C13H25N3. The normalized spacial score (nSPS) is 13.1. The van der Waals surface area contributed by atoms with Crippen molar-refractivity contribution in [2.24, 2.45) is 7.05 Å². The van der Waals surface area contributed by atoms with E-state index in [0.29, 0.717) is 0 Å². The van der Waals surface area contributed by atoms with Crippen LogP contribution in [-0.4, -0.2) is 21.6 Å². The summed E-state index contributed by atoms with van der Waals surface area (Å²) in [5.74, 6) is 1.16. The van der Waals surface area contributed by atoms with Crippen LogP contribution in [0.15, 0.2) is 12.4 Å². The third-order valence-electron chi connectivity index (χ3n) is 2.83. The van der Waals surface area contributed by atoms with Crippen molar-refractivity contribution in [1.82, 2.24) is 14.9 Å². The highest BCUT2D eigenvalue weighted by Crippen LogP contribution is 2.24. The Labute approximate surface area is 99.3 Å². The Morgan fingerprint density at radius 3 is 2.31 bits per heavy atom. The first kappa shape index (κ1) is 13.2. The van der Waals surface area contributed by atoms with Gasteiger partial charge >= 0.3 is 0 Å². The average Bonchev–Trinajstić information content (AvgIpc) is 2.48. The number of aromatic nitrogens is 2. The first-order valence-electron chi connectivity index (χ1n) is 5.95. The van der Waals surface area contributed by atoms with Crippen LogP contribution in [0.5, 0.6) is 0 Å². The highest BCUT2D eigenvalue weighted by atomic mass is 15.0. The topological polar surface area (TPSA) is 29.9 Å². The zero-order chi connectivity index (χ0) is 12.4. The largest absolute Gasteiger partial charge is 0.338 e. The van der Waals surface area contributed by atoms with Crippen molar-refractivity contribution < 1.29 is 0 Å². The summed E-state index contributed by atoms with van der Waals surface area (Å²) in [5.41, 5.74) is 0.314. The Morgan fingerprint density at radius 1 is 1.25 bits per heavy atom. The van der Waals surface area contributed by atoms with Gasteiger partial charge in [-0.2, -0.15) is 0 Å². The molecule has 92 valence electrons. The maximum absolute atomic E-state index is 4.44. The van der Waals surface area contributed by atoms with E-state index in [9.17, 15) is 0 Å². The molecule has 0 aromatic carbocycles. The van der Waals surface area contributed by atoms with E-state index in [1.165, 1.54) is 0 Å². The Balaban J connectivity index is 2.56. The summed E-state index contributed by atoms with van der Waals surface area (Å²) in [7, 11) is 2.06. The first-order valence-corrected chi connectivity index (χ1v) is 5.95. The van der Waals surface area contributed by atoms with Gasteiger partial charge in [-0.25, -0.2) is 4.98 Å². The SMILES string of the molecule is Cn1ccnc1C(C)(C)CCNC(C)(C)C. The molecular weight excluding hydrogens is 198 g/mol. The predicted octanol–water partition coefficient (Wildman–Crippen LogP) is 2.48. The van der Waals surface area contributed by atoms with Crippen LogP contribution in [-0.2, 0) is 12.5 Å². The number of aryl methyl sites for hydroxylation is 1. The molecule has 0 atom stereocenters. The Kier molecular flexibility index (Phi) is 3.79. The average molecular weight is 223 g/mol. The van der Waals surface area contributed by atoms with Crippen LogP contribution in [0, 0.1) is 0 Å². The van der Waals surface area contributed by atoms with E-state index in [-0.39, 0.29) is 11.0 Å². The summed E-state index contributed by atoms with van der Waals surface area (Å²) in [5, 5.41) is 3.52. The van der Waals surface area contributed by atoms with Crippen LogP contribution in [0.25, 0.3) is 0 Å². The fraction of sp³-hybridized carbons (Fsp3) is 0.769. The summed E-state index contributed by atoms with van der Waals surface area (Å²) < 4.78 is 2.11. The minimum absolute atomic E-state index is 0.122. The van der Waals surface area contributed by atoms with Gasteiger partial charge in [0.2, 0.25) is 0 Å². The van der Waals surface area contributed by atoms with Gasteiger partial charge in [-0.1, -0.05) is 13.8 Å². The molecule has 1 N–H and O–H groups in total. The van der Waals surface area contributed by atoms with Gasteiger partial charge < -0.3 is 9.88 Å². The second-order valence-corrected chi connectivity index (χ2v) is 6.17. The summed E-state index contributed by atoms with van der Waals surface area (Å²) in [6.45, 7) is 12.1. The number of nitrogens with one attached hydrogen (secondary N) is 1. The first-order chi connectivity index (χ1) is 7.22. The van der Waals surface area contributed by atoms with Crippen molar-refractivity contribution in [1.29, 1.82) is 0 Å². The smallest absolute Gasteiger partial charge is 0.114 e. The van der Waals surface area contributed by atoms with Gasteiger partial charge in [-0.3, -0.25) is 0 Å². The van der Waals surface area contributed by atoms with Crippen molar-refractivity contribution in [2.45, 2.75) is 52.0 Å². The number of rotatable bonds is 4. The van der Waals surface area contributed by atoms with Gasteiger partial charge in [0.15, 0.2) is 0 Å². The number of imidazole rings is 1. The van der Waals surface area contributed by atoms with Crippen molar-refractivity contribution in [3.63, 3.8) is 0 Å². The summed E-state index contributed by atoms with van der Waals surface area (Å²) in [6, 6.07) is 0. The standard InChI is InChI=1S/C13H25N3/c1-12(2,3)15-8-7-13(4,5)11-14-9-10-16(11)6/h9-10,15H,7-8H2,1-6H3. The molecule has 1 aromatic rings. The van der Waals surface area contributed by atoms with Gasteiger partial charge in [-0.05, 0) is 33.7 Å².